The van der Waals surface area contributed by atoms with E-state index in [9.17, 15) is 0 Å². The van der Waals surface area contributed by atoms with Crippen LogP contribution in [0.1, 0.15) is 12.8 Å². The maximum Gasteiger partial charge on any atom is 0.227 e. The summed E-state index contributed by atoms with van der Waals surface area (Å²) >= 11 is 1.60. The topological polar surface area (TPSA) is 94.1 Å². The third kappa shape index (κ3) is 5.23. The van der Waals surface area contributed by atoms with Crippen LogP contribution in [0.4, 0.5) is 11.6 Å². The summed E-state index contributed by atoms with van der Waals surface area (Å²) in [6, 6.07) is 14.1. The average Bonchev–Trinajstić information content (AvgIpc) is 3.48. The SMILES string of the molecule is COc1cncc(-c2cccc(Nc3ncc4cc(-c5nccs5)c(OC5CCNCC5)cc4n3)c2)c1. The lowest BCUT2D eigenvalue weighted by Gasteiger charge is -2.25. The molecule has 0 unspecified atom stereocenters. The summed E-state index contributed by atoms with van der Waals surface area (Å²) in [5, 5.41) is 10.6. The van der Waals surface area contributed by atoms with Gasteiger partial charge in [0.25, 0.3) is 0 Å². The molecule has 1 aliphatic rings. The van der Waals surface area contributed by atoms with Gasteiger partial charge in [-0.2, -0.15) is 0 Å². The highest BCUT2D eigenvalue weighted by atomic mass is 32.1. The number of benzene rings is 2. The van der Waals surface area contributed by atoms with E-state index in [1.807, 2.05) is 60.4 Å². The summed E-state index contributed by atoms with van der Waals surface area (Å²) in [5.74, 6) is 2.04. The van der Waals surface area contributed by atoms with Crippen molar-refractivity contribution in [3.63, 3.8) is 0 Å². The van der Waals surface area contributed by atoms with Gasteiger partial charge >= 0.3 is 0 Å². The van der Waals surface area contributed by atoms with E-state index in [1.54, 1.807) is 24.6 Å². The number of methoxy groups -OCH3 is 1. The highest BCUT2D eigenvalue weighted by molar-refractivity contribution is 7.13. The van der Waals surface area contributed by atoms with Gasteiger partial charge in [0, 0.05) is 46.7 Å². The second kappa shape index (κ2) is 10.5. The minimum absolute atomic E-state index is 0.172. The monoisotopic (exact) mass is 510 g/mol. The molecule has 0 spiro atoms. The van der Waals surface area contributed by atoms with Crippen molar-refractivity contribution in [1.82, 2.24) is 25.3 Å². The maximum atomic E-state index is 6.49. The molecule has 0 atom stereocenters. The molecule has 1 fully saturated rings. The van der Waals surface area contributed by atoms with Crippen molar-refractivity contribution in [2.45, 2.75) is 18.9 Å². The number of hydrogen-bond donors (Lipinski definition) is 2. The number of ether oxygens (including phenoxy) is 2. The number of thiazole rings is 1. The van der Waals surface area contributed by atoms with Crippen molar-refractivity contribution in [3.05, 3.63) is 72.6 Å². The fourth-order valence-electron chi connectivity index (χ4n) is 4.43. The Morgan fingerprint density at radius 3 is 2.76 bits per heavy atom. The van der Waals surface area contributed by atoms with Crippen LogP contribution in [0.2, 0.25) is 0 Å². The van der Waals surface area contributed by atoms with E-state index < -0.39 is 0 Å². The van der Waals surface area contributed by atoms with Crippen LogP contribution in [0.15, 0.2) is 72.6 Å². The first-order valence-corrected chi connectivity index (χ1v) is 13.1. The summed E-state index contributed by atoms with van der Waals surface area (Å²) in [6.45, 7) is 1.93. The van der Waals surface area contributed by atoms with Gasteiger partial charge in [-0.25, -0.2) is 15.0 Å². The second-order valence-electron chi connectivity index (χ2n) is 8.82. The molecule has 0 aliphatic carbocycles. The highest BCUT2D eigenvalue weighted by Gasteiger charge is 2.19. The van der Waals surface area contributed by atoms with Gasteiger partial charge in [0.05, 0.1) is 24.4 Å². The lowest BCUT2D eigenvalue weighted by Crippen LogP contribution is -2.34. The number of aromatic nitrogens is 4. The van der Waals surface area contributed by atoms with E-state index in [4.69, 9.17) is 14.5 Å². The summed E-state index contributed by atoms with van der Waals surface area (Å²) < 4.78 is 11.8. The highest BCUT2D eigenvalue weighted by Crippen LogP contribution is 2.36. The summed E-state index contributed by atoms with van der Waals surface area (Å²) in [4.78, 5) is 18.2. The maximum absolute atomic E-state index is 6.49. The van der Waals surface area contributed by atoms with Crippen molar-refractivity contribution in [2.24, 2.45) is 0 Å². The van der Waals surface area contributed by atoms with Gasteiger partial charge in [-0.05, 0) is 55.8 Å². The lowest BCUT2D eigenvalue weighted by molar-refractivity contribution is 0.163. The standard InChI is InChI=1S/C28H26N6O2S/c1-35-23-12-19(15-30-17-23)18-3-2-4-21(11-18)33-28-32-16-20-13-24(27-31-9-10-37-27)26(14-25(20)34-28)36-22-5-7-29-8-6-22/h2-4,9-17,22,29H,5-8H2,1H3,(H,32,33,34). The van der Waals surface area contributed by atoms with Crippen LogP contribution in [0.3, 0.4) is 0 Å². The van der Waals surface area contributed by atoms with E-state index in [-0.39, 0.29) is 6.10 Å². The van der Waals surface area contributed by atoms with Crippen LogP contribution >= 0.6 is 11.3 Å². The van der Waals surface area contributed by atoms with Gasteiger partial charge < -0.3 is 20.1 Å². The minimum Gasteiger partial charge on any atom is -0.495 e. The van der Waals surface area contributed by atoms with Crippen LogP contribution < -0.4 is 20.1 Å². The average molecular weight is 511 g/mol. The number of nitrogens with one attached hydrogen (secondary N) is 2. The number of pyridine rings is 1. The van der Waals surface area contributed by atoms with E-state index >= 15 is 0 Å². The predicted molar refractivity (Wildman–Crippen MR) is 147 cm³/mol. The van der Waals surface area contributed by atoms with E-state index in [1.165, 1.54) is 0 Å². The van der Waals surface area contributed by atoms with Crippen molar-refractivity contribution < 1.29 is 9.47 Å². The van der Waals surface area contributed by atoms with Gasteiger partial charge in [-0.3, -0.25) is 4.98 Å². The molecule has 8 nitrogen and oxygen atoms in total. The zero-order valence-corrected chi connectivity index (χ0v) is 21.2. The van der Waals surface area contributed by atoms with Gasteiger partial charge in [-0.15, -0.1) is 11.3 Å². The Kier molecular flexibility index (Phi) is 6.62. The van der Waals surface area contributed by atoms with Gasteiger partial charge in [0.1, 0.15) is 22.6 Å². The molecule has 186 valence electrons. The third-order valence-electron chi connectivity index (χ3n) is 6.32. The van der Waals surface area contributed by atoms with Crippen molar-refractivity contribution in [1.29, 1.82) is 0 Å². The van der Waals surface area contributed by atoms with Crippen molar-refractivity contribution in [3.8, 4) is 33.2 Å². The van der Waals surface area contributed by atoms with E-state index in [2.05, 4.69) is 31.7 Å². The number of fused-ring (bicyclic) bond motifs is 1. The molecule has 0 amide bonds. The van der Waals surface area contributed by atoms with Crippen molar-refractivity contribution >= 4 is 33.9 Å². The first kappa shape index (κ1) is 23.3. The van der Waals surface area contributed by atoms with E-state index in [0.29, 0.717) is 11.7 Å². The first-order chi connectivity index (χ1) is 18.2. The Bertz CT molecular complexity index is 1520. The van der Waals surface area contributed by atoms with Crippen LogP contribution in [-0.2, 0) is 0 Å². The Hall–Kier alpha value is -4.08. The van der Waals surface area contributed by atoms with Gasteiger partial charge in [0.15, 0.2) is 0 Å². The molecule has 0 saturated carbocycles. The predicted octanol–water partition coefficient (Wildman–Crippen LogP) is 5.70. The fraction of sp³-hybridized carbons (Fsp3) is 0.214. The zero-order chi connectivity index (χ0) is 25.0. The second-order valence-corrected chi connectivity index (χ2v) is 9.72. The molecular weight excluding hydrogens is 484 g/mol. The molecular formula is C28H26N6O2S. The Balaban J connectivity index is 1.31. The largest absolute Gasteiger partial charge is 0.495 e. The molecule has 5 aromatic rings. The summed E-state index contributed by atoms with van der Waals surface area (Å²) in [6.07, 6.45) is 9.29. The summed E-state index contributed by atoms with van der Waals surface area (Å²) in [7, 11) is 1.64. The number of anilines is 2. The molecule has 0 radical (unpaired) electrons. The number of rotatable bonds is 7. The molecule has 37 heavy (non-hydrogen) atoms. The molecule has 1 aliphatic heterocycles. The van der Waals surface area contributed by atoms with Crippen LogP contribution in [0.5, 0.6) is 11.5 Å². The Morgan fingerprint density at radius 2 is 1.92 bits per heavy atom. The third-order valence-corrected chi connectivity index (χ3v) is 7.13. The van der Waals surface area contributed by atoms with Gasteiger partial charge in [0.2, 0.25) is 5.95 Å². The Labute approximate surface area is 218 Å². The molecule has 1 saturated heterocycles. The lowest BCUT2D eigenvalue weighted by atomic mass is 10.1. The van der Waals surface area contributed by atoms with Crippen LogP contribution in [0, 0.1) is 0 Å². The van der Waals surface area contributed by atoms with Crippen LogP contribution in [0.25, 0.3) is 32.6 Å². The molecule has 2 N–H and O–H groups in total. The molecule has 2 aromatic carbocycles. The normalized spacial score (nSPS) is 14.0. The first-order valence-electron chi connectivity index (χ1n) is 12.2. The number of nitrogens with zero attached hydrogens (tertiary/aromatic N) is 4. The quantitative estimate of drug-likeness (QED) is 0.288. The molecule has 4 heterocycles. The van der Waals surface area contributed by atoms with Crippen molar-refractivity contribution in [2.75, 3.05) is 25.5 Å². The molecule has 9 heteroatoms. The minimum atomic E-state index is 0.172. The smallest absolute Gasteiger partial charge is 0.227 e. The Morgan fingerprint density at radius 1 is 1.00 bits per heavy atom. The number of hydrogen-bond acceptors (Lipinski definition) is 9. The van der Waals surface area contributed by atoms with E-state index in [0.717, 1.165) is 70.0 Å². The molecule has 0 bridgehead atoms. The number of piperidine rings is 1. The summed E-state index contributed by atoms with van der Waals surface area (Å²) in [5.41, 5.74) is 4.66. The zero-order valence-electron chi connectivity index (χ0n) is 20.3. The molecule has 6 rings (SSSR count). The fourth-order valence-corrected chi connectivity index (χ4v) is 5.09. The van der Waals surface area contributed by atoms with Crippen LogP contribution in [-0.4, -0.2) is 46.2 Å². The van der Waals surface area contributed by atoms with Gasteiger partial charge in [-0.1, -0.05) is 12.1 Å². The molecule has 3 aromatic heterocycles.